The van der Waals surface area contributed by atoms with Gasteiger partial charge in [-0.3, -0.25) is 0 Å². The van der Waals surface area contributed by atoms with Crippen molar-refractivity contribution >= 4 is 64.2 Å². The van der Waals surface area contributed by atoms with E-state index in [1.165, 1.54) is 69.1 Å². The van der Waals surface area contributed by atoms with Gasteiger partial charge in [0.1, 0.15) is 0 Å². The summed E-state index contributed by atoms with van der Waals surface area (Å²) in [5, 5.41) is 8.28. The number of halogens is 2. The minimum Gasteiger partial charge on any atom is -0.0654 e. The summed E-state index contributed by atoms with van der Waals surface area (Å²) in [6.45, 7) is 4.54. The second kappa shape index (κ2) is 8.55. The quantitative estimate of drug-likeness (QED) is 0.233. The topological polar surface area (TPSA) is 0 Å². The van der Waals surface area contributed by atoms with E-state index < -0.39 is 0 Å². The maximum Gasteiger partial charge on any atom is 0.0181 e. The molecule has 4 aromatic carbocycles. The van der Waals surface area contributed by atoms with Gasteiger partial charge in [-0.15, -0.1) is 0 Å². The molecule has 4 aromatic rings. The minimum absolute atomic E-state index is 1.14. The predicted octanol–water partition coefficient (Wildman–Crippen LogP) is 9.36. The highest BCUT2D eigenvalue weighted by Crippen LogP contribution is 2.39. The number of benzene rings is 4. The van der Waals surface area contributed by atoms with Gasteiger partial charge in [0.05, 0.1) is 0 Å². The third kappa shape index (κ3) is 3.74. The largest absolute Gasteiger partial charge is 0.0654 e. The van der Waals surface area contributed by atoms with Gasteiger partial charge in [0.25, 0.3) is 0 Å². The van der Waals surface area contributed by atoms with Crippen LogP contribution in [0.3, 0.4) is 0 Å². The molecule has 0 amide bonds. The van der Waals surface area contributed by atoms with E-state index in [0.717, 1.165) is 21.8 Å². The first-order valence-electron chi connectivity index (χ1n) is 10.4. The van der Waals surface area contributed by atoms with Gasteiger partial charge in [-0.1, -0.05) is 82.8 Å². The Morgan fingerprint density at radius 3 is 1.50 bits per heavy atom. The average molecular weight is 498 g/mol. The summed E-state index contributed by atoms with van der Waals surface area (Å²) in [5.74, 6) is 0. The molecule has 0 saturated carbocycles. The Bertz CT molecular complexity index is 1070. The monoisotopic (exact) mass is 496 g/mol. The van der Waals surface area contributed by atoms with Crippen molar-refractivity contribution in [1.82, 2.24) is 0 Å². The van der Waals surface area contributed by atoms with Crippen LogP contribution in [-0.2, 0) is 12.8 Å². The second-order valence-electron chi connectivity index (χ2n) is 7.76. The lowest BCUT2D eigenvalue weighted by molar-refractivity contribution is 0.798. The highest BCUT2D eigenvalue weighted by Gasteiger charge is 2.13. The van der Waals surface area contributed by atoms with Crippen molar-refractivity contribution in [2.24, 2.45) is 0 Å². The standard InChI is InChI=1S/C26H26Br2/c1-3-5-7-17-13-19-14-18(8-6-4-2)23-12-10-21(28)16-25(23)26(19)24-15-20(27)9-11-22(17)24/h9-16H,3-8H2,1-2H3. The molecule has 0 nitrogen and oxygen atoms in total. The first-order valence-corrected chi connectivity index (χ1v) is 12.0. The molecular formula is C26H26Br2. The molecule has 0 fully saturated rings. The molecule has 0 aliphatic heterocycles. The highest BCUT2D eigenvalue weighted by atomic mass is 79.9. The molecule has 2 heteroatoms. The minimum atomic E-state index is 1.14. The molecule has 0 bridgehead atoms. The molecule has 144 valence electrons. The Morgan fingerprint density at radius 2 is 1.07 bits per heavy atom. The molecule has 0 radical (unpaired) electrons. The Labute approximate surface area is 184 Å². The lowest BCUT2D eigenvalue weighted by Crippen LogP contribution is -1.94. The highest BCUT2D eigenvalue weighted by molar-refractivity contribution is 9.10. The summed E-state index contributed by atoms with van der Waals surface area (Å²) < 4.78 is 2.29. The Kier molecular flexibility index (Phi) is 6.08. The molecule has 4 rings (SSSR count). The fourth-order valence-electron chi connectivity index (χ4n) is 4.33. The zero-order chi connectivity index (χ0) is 19.7. The van der Waals surface area contributed by atoms with E-state index in [1.54, 1.807) is 0 Å². The number of hydrogen-bond donors (Lipinski definition) is 0. The number of hydrogen-bond acceptors (Lipinski definition) is 0. The second-order valence-corrected chi connectivity index (χ2v) is 9.59. The van der Waals surface area contributed by atoms with Crippen molar-refractivity contribution < 1.29 is 0 Å². The van der Waals surface area contributed by atoms with Crippen LogP contribution in [0.2, 0.25) is 0 Å². The number of unbranched alkanes of at least 4 members (excludes halogenated alkanes) is 2. The van der Waals surface area contributed by atoms with E-state index in [-0.39, 0.29) is 0 Å². The maximum atomic E-state index is 3.71. The first kappa shape index (κ1) is 19.9. The van der Waals surface area contributed by atoms with Gasteiger partial charge in [0.15, 0.2) is 0 Å². The van der Waals surface area contributed by atoms with E-state index in [9.17, 15) is 0 Å². The first-order chi connectivity index (χ1) is 13.6. The molecule has 0 aromatic heterocycles. The smallest absolute Gasteiger partial charge is 0.0181 e. The Morgan fingerprint density at radius 1 is 0.607 bits per heavy atom. The molecule has 0 aliphatic rings. The van der Waals surface area contributed by atoms with Crippen LogP contribution in [0.5, 0.6) is 0 Å². The lowest BCUT2D eigenvalue weighted by atomic mass is 9.89. The van der Waals surface area contributed by atoms with Crippen LogP contribution in [0, 0.1) is 0 Å². The summed E-state index contributed by atoms with van der Waals surface area (Å²) >= 11 is 7.43. The van der Waals surface area contributed by atoms with Crippen LogP contribution in [0.4, 0.5) is 0 Å². The van der Waals surface area contributed by atoms with Crippen molar-refractivity contribution in [1.29, 1.82) is 0 Å². The van der Waals surface area contributed by atoms with Gasteiger partial charge in [0.2, 0.25) is 0 Å². The van der Waals surface area contributed by atoms with Gasteiger partial charge >= 0.3 is 0 Å². The zero-order valence-corrected chi connectivity index (χ0v) is 19.8. The van der Waals surface area contributed by atoms with Crippen LogP contribution in [0.15, 0.2) is 57.5 Å². The van der Waals surface area contributed by atoms with Crippen LogP contribution in [0.1, 0.15) is 50.7 Å². The van der Waals surface area contributed by atoms with E-state index in [2.05, 4.69) is 94.2 Å². The summed E-state index contributed by atoms with van der Waals surface area (Å²) in [4.78, 5) is 0. The number of aryl methyl sites for hydroxylation is 2. The normalized spacial score (nSPS) is 11.7. The van der Waals surface area contributed by atoms with Gasteiger partial charge in [-0.05, 0) is 93.4 Å². The van der Waals surface area contributed by atoms with E-state index >= 15 is 0 Å². The van der Waals surface area contributed by atoms with Crippen molar-refractivity contribution in [3.05, 3.63) is 68.6 Å². The van der Waals surface area contributed by atoms with Gasteiger partial charge in [-0.2, -0.15) is 0 Å². The van der Waals surface area contributed by atoms with Gasteiger partial charge in [0, 0.05) is 8.95 Å². The summed E-state index contributed by atoms with van der Waals surface area (Å²) in [7, 11) is 0. The van der Waals surface area contributed by atoms with Gasteiger partial charge < -0.3 is 0 Å². The third-order valence-electron chi connectivity index (χ3n) is 5.74. The number of rotatable bonds is 6. The molecule has 0 atom stereocenters. The molecule has 28 heavy (non-hydrogen) atoms. The fourth-order valence-corrected chi connectivity index (χ4v) is 5.05. The molecule has 0 saturated heterocycles. The van der Waals surface area contributed by atoms with E-state index in [0.29, 0.717) is 0 Å². The Balaban J connectivity index is 2.13. The van der Waals surface area contributed by atoms with Crippen LogP contribution in [-0.4, -0.2) is 0 Å². The molecular weight excluding hydrogens is 472 g/mol. The third-order valence-corrected chi connectivity index (χ3v) is 6.73. The van der Waals surface area contributed by atoms with Crippen molar-refractivity contribution in [2.75, 3.05) is 0 Å². The molecule has 0 heterocycles. The average Bonchev–Trinajstić information content (AvgIpc) is 2.69. The van der Waals surface area contributed by atoms with Gasteiger partial charge in [-0.25, -0.2) is 0 Å². The predicted molar refractivity (Wildman–Crippen MR) is 132 cm³/mol. The van der Waals surface area contributed by atoms with Crippen LogP contribution >= 0.6 is 31.9 Å². The fraction of sp³-hybridized carbons (Fsp3) is 0.308. The van der Waals surface area contributed by atoms with Crippen molar-refractivity contribution in [2.45, 2.75) is 52.4 Å². The van der Waals surface area contributed by atoms with E-state index in [1.807, 2.05) is 0 Å². The van der Waals surface area contributed by atoms with E-state index in [4.69, 9.17) is 0 Å². The summed E-state index contributed by atoms with van der Waals surface area (Å²) in [6, 6.07) is 18.5. The summed E-state index contributed by atoms with van der Waals surface area (Å²) in [5.41, 5.74) is 2.96. The maximum absolute atomic E-state index is 3.71. The SMILES string of the molecule is CCCCc1cc2cc(CCCC)c3ccc(Br)cc3c2c2cc(Br)ccc12. The lowest BCUT2D eigenvalue weighted by Gasteiger charge is -2.16. The molecule has 0 spiro atoms. The summed E-state index contributed by atoms with van der Waals surface area (Å²) in [6.07, 6.45) is 7.21. The van der Waals surface area contributed by atoms with Crippen LogP contribution < -0.4 is 0 Å². The Hall–Kier alpha value is -1.38. The number of fused-ring (bicyclic) bond motifs is 5. The molecule has 0 aliphatic carbocycles. The van der Waals surface area contributed by atoms with Crippen molar-refractivity contribution in [3.63, 3.8) is 0 Å². The van der Waals surface area contributed by atoms with Crippen molar-refractivity contribution in [3.8, 4) is 0 Å². The zero-order valence-electron chi connectivity index (χ0n) is 16.6. The molecule has 0 N–H and O–H groups in total. The van der Waals surface area contributed by atoms with Crippen LogP contribution in [0.25, 0.3) is 32.3 Å². The molecule has 0 unspecified atom stereocenters.